The minimum absolute atomic E-state index is 0.0811. The van der Waals surface area contributed by atoms with Crippen LogP contribution >= 0.6 is 23.4 Å². The number of benzene rings is 2. The summed E-state index contributed by atoms with van der Waals surface area (Å²) in [6.07, 6.45) is 0. The molecule has 0 unspecified atom stereocenters. The van der Waals surface area contributed by atoms with E-state index in [0.717, 1.165) is 0 Å². The number of hydrogen-bond acceptors (Lipinski definition) is 6. The van der Waals surface area contributed by atoms with Crippen LogP contribution in [0.1, 0.15) is 10.4 Å². The number of rotatable bonds is 7. The van der Waals surface area contributed by atoms with E-state index in [1.54, 1.807) is 24.3 Å². The number of esters is 1. The van der Waals surface area contributed by atoms with Crippen molar-refractivity contribution in [1.29, 1.82) is 0 Å². The van der Waals surface area contributed by atoms with Crippen LogP contribution in [-0.4, -0.2) is 30.1 Å². The van der Waals surface area contributed by atoms with Crippen molar-refractivity contribution in [3.05, 3.63) is 53.1 Å². The molecule has 2 rings (SSSR count). The van der Waals surface area contributed by atoms with Gasteiger partial charge in [0.1, 0.15) is 0 Å². The number of halogens is 1. The average molecular weight is 394 g/mol. The van der Waals surface area contributed by atoms with Crippen LogP contribution in [0.2, 0.25) is 5.02 Å². The molecule has 0 fully saturated rings. The van der Waals surface area contributed by atoms with Crippen molar-refractivity contribution in [3.8, 4) is 0 Å². The Balaban J connectivity index is 1.95. The summed E-state index contributed by atoms with van der Waals surface area (Å²) >= 11 is 6.97. The molecule has 0 heterocycles. The highest BCUT2D eigenvalue weighted by molar-refractivity contribution is 8.00. The first-order valence-corrected chi connectivity index (χ1v) is 8.75. The number of carbonyl (C=O) groups is 3. The highest BCUT2D eigenvalue weighted by atomic mass is 35.5. The smallest absolute Gasteiger partial charge is 0.340 e. The maximum absolute atomic E-state index is 12.0. The predicted octanol–water partition coefficient (Wildman–Crippen LogP) is 2.30. The van der Waals surface area contributed by atoms with Crippen molar-refractivity contribution >= 4 is 52.5 Å². The van der Waals surface area contributed by atoms with E-state index in [0.29, 0.717) is 15.6 Å². The SMILES string of the molecule is NC(=O)CSc1ccccc1NC(=O)COC(=O)c1ccc(Cl)cc1N. The number of carbonyl (C=O) groups excluding carboxylic acids is 3. The highest BCUT2D eigenvalue weighted by Crippen LogP contribution is 2.26. The standard InChI is InChI=1S/C17H16ClN3O4S/c18-10-5-6-11(12(19)7-10)17(24)25-8-16(23)21-13-3-1-2-4-14(13)26-9-15(20)22/h1-7H,8-9,19H2,(H2,20,22)(H,21,23). The number of ether oxygens (including phenoxy) is 1. The first-order valence-electron chi connectivity index (χ1n) is 7.39. The Kier molecular flexibility index (Phi) is 6.88. The molecule has 26 heavy (non-hydrogen) atoms. The predicted molar refractivity (Wildman–Crippen MR) is 101 cm³/mol. The number of anilines is 2. The number of nitrogens with one attached hydrogen (secondary N) is 1. The van der Waals surface area contributed by atoms with Gasteiger partial charge in [-0.25, -0.2) is 4.79 Å². The lowest BCUT2D eigenvalue weighted by Gasteiger charge is -2.11. The van der Waals surface area contributed by atoms with Gasteiger partial charge in [-0.1, -0.05) is 23.7 Å². The topological polar surface area (TPSA) is 125 Å². The van der Waals surface area contributed by atoms with E-state index in [9.17, 15) is 14.4 Å². The molecule has 0 spiro atoms. The fraction of sp³-hybridized carbons (Fsp3) is 0.118. The van der Waals surface area contributed by atoms with E-state index >= 15 is 0 Å². The highest BCUT2D eigenvalue weighted by Gasteiger charge is 2.14. The molecule has 2 aromatic rings. The van der Waals surface area contributed by atoms with Crippen LogP contribution in [0.5, 0.6) is 0 Å². The average Bonchev–Trinajstić information content (AvgIpc) is 2.59. The normalized spacial score (nSPS) is 10.2. The molecule has 0 saturated carbocycles. The third-order valence-corrected chi connectivity index (χ3v) is 4.43. The molecule has 0 aromatic heterocycles. The van der Waals surface area contributed by atoms with E-state index in [1.807, 2.05) is 0 Å². The lowest BCUT2D eigenvalue weighted by molar-refractivity contribution is -0.119. The quantitative estimate of drug-likeness (QED) is 0.376. The van der Waals surface area contributed by atoms with Gasteiger partial charge in [-0.2, -0.15) is 0 Å². The molecule has 9 heteroatoms. The zero-order chi connectivity index (χ0) is 19.1. The van der Waals surface area contributed by atoms with E-state index in [4.69, 9.17) is 27.8 Å². The molecule has 2 aromatic carbocycles. The molecule has 0 saturated heterocycles. The van der Waals surface area contributed by atoms with Gasteiger partial charge in [-0.15, -0.1) is 11.8 Å². The summed E-state index contributed by atoms with van der Waals surface area (Å²) in [7, 11) is 0. The molecule has 7 nitrogen and oxygen atoms in total. The number of nitrogen functional groups attached to an aromatic ring is 1. The van der Waals surface area contributed by atoms with Crippen molar-refractivity contribution in [1.82, 2.24) is 0 Å². The van der Waals surface area contributed by atoms with E-state index in [-0.39, 0.29) is 17.0 Å². The Hall–Kier alpha value is -2.71. The van der Waals surface area contributed by atoms with Crippen molar-refractivity contribution in [2.24, 2.45) is 5.73 Å². The maximum atomic E-state index is 12.0. The first-order chi connectivity index (χ1) is 12.4. The zero-order valence-electron chi connectivity index (χ0n) is 13.5. The third-order valence-electron chi connectivity index (χ3n) is 3.10. The molecular weight excluding hydrogens is 378 g/mol. The lowest BCUT2D eigenvalue weighted by atomic mass is 10.2. The molecule has 136 valence electrons. The summed E-state index contributed by atoms with van der Waals surface area (Å²) in [6, 6.07) is 11.2. The number of para-hydroxylation sites is 1. The van der Waals surface area contributed by atoms with Gasteiger partial charge in [0.2, 0.25) is 5.91 Å². The van der Waals surface area contributed by atoms with Gasteiger partial charge in [0.05, 0.1) is 17.0 Å². The maximum Gasteiger partial charge on any atom is 0.340 e. The lowest BCUT2D eigenvalue weighted by Crippen LogP contribution is -2.21. The van der Waals surface area contributed by atoms with Crippen LogP contribution in [0.15, 0.2) is 47.4 Å². The van der Waals surface area contributed by atoms with Gasteiger partial charge in [0.25, 0.3) is 5.91 Å². The number of hydrogen-bond donors (Lipinski definition) is 3. The minimum Gasteiger partial charge on any atom is -0.452 e. The second kappa shape index (κ2) is 9.12. The Morgan fingerprint density at radius 1 is 1.15 bits per heavy atom. The van der Waals surface area contributed by atoms with E-state index < -0.39 is 24.4 Å². The van der Waals surface area contributed by atoms with Gasteiger partial charge >= 0.3 is 5.97 Å². The Morgan fingerprint density at radius 2 is 1.88 bits per heavy atom. The monoisotopic (exact) mass is 393 g/mol. The van der Waals surface area contributed by atoms with E-state index in [1.165, 1.54) is 30.0 Å². The van der Waals surface area contributed by atoms with Crippen LogP contribution in [0.4, 0.5) is 11.4 Å². The van der Waals surface area contributed by atoms with Crippen molar-refractivity contribution < 1.29 is 19.1 Å². The van der Waals surface area contributed by atoms with Crippen LogP contribution in [0.3, 0.4) is 0 Å². The van der Waals surface area contributed by atoms with Crippen molar-refractivity contribution in [2.75, 3.05) is 23.4 Å². The molecule has 5 N–H and O–H groups in total. The van der Waals surface area contributed by atoms with Crippen molar-refractivity contribution in [3.63, 3.8) is 0 Å². The van der Waals surface area contributed by atoms with Crippen LogP contribution < -0.4 is 16.8 Å². The summed E-state index contributed by atoms with van der Waals surface area (Å²) in [6.45, 7) is -0.490. The minimum atomic E-state index is -0.731. The Labute approximate surface area is 159 Å². The Morgan fingerprint density at radius 3 is 2.58 bits per heavy atom. The number of nitrogens with two attached hydrogens (primary N) is 2. The first kappa shape index (κ1) is 19.6. The second-order valence-corrected chi connectivity index (χ2v) is 6.56. The molecule has 0 aliphatic heterocycles. The van der Waals surface area contributed by atoms with Gasteiger partial charge in [0, 0.05) is 15.6 Å². The van der Waals surface area contributed by atoms with Crippen molar-refractivity contribution in [2.45, 2.75) is 4.90 Å². The number of thioether (sulfide) groups is 1. The summed E-state index contributed by atoms with van der Waals surface area (Å²) in [4.78, 5) is 35.6. The molecule has 2 amide bonds. The summed E-state index contributed by atoms with van der Waals surface area (Å²) in [5, 5.41) is 3.01. The number of primary amides is 1. The summed E-state index contributed by atoms with van der Waals surface area (Å²) < 4.78 is 4.97. The second-order valence-electron chi connectivity index (χ2n) is 5.11. The van der Waals surface area contributed by atoms with Gasteiger partial charge in [0.15, 0.2) is 6.61 Å². The van der Waals surface area contributed by atoms with Gasteiger partial charge in [-0.05, 0) is 30.3 Å². The zero-order valence-corrected chi connectivity index (χ0v) is 15.1. The molecule has 0 radical (unpaired) electrons. The van der Waals surface area contributed by atoms with Gasteiger partial charge in [-0.3, -0.25) is 9.59 Å². The van der Waals surface area contributed by atoms with Crippen LogP contribution in [-0.2, 0) is 14.3 Å². The summed E-state index contributed by atoms with van der Waals surface area (Å²) in [5.41, 5.74) is 11.6. The molecule has 0 aliphatic carbocycles. The fourth-order valence-corrected chi connectivity index (χ4v) is 2.89. The summed E-state index contributed by atoms with van der Waals surface area (Å²) in [5.74, 6) is -1.65. The number of amides is 2. The molecule has 0 atom stereocenters. The van der Waals surface area contributed by atoms with E-state index in [2.05, 4.69) is 5.32 Å². The fourth-order valence-electron chi connectivity index (χ4n) is 1.96. The largest absolute Gasteiger partial charge is 0.452 e. The molecular formula is C17H16ClN3O4S. The van der Waals surface area contributed by atoms with Crippen LogP contribution in [0, 0.1) is 0 Å². The third kappa shape index (κ3) is 5.68. The molecule has 0 aliphatic rings. The van der Waals surface area contributed by atoms with Gasteiger partial charge < -0.3 is 21.5 Å². The Bertz CT molecular complexity index is 845. The molecule has 0 bridgehead atoms. The van der Waals surface area contributed by atoms with Crippen LogP contribution in [0.25, 0.3) is 0 Å².